The van der Waals surface area contributed by atoms with Crippen molar-refractivity contribution in [1.82, 2.24) is 9.88 Å². The Kier molecular flexibility index (Phi) is 4.79. The first-order chi connectivity index (χ1) is 9.16. The Balaban J connectivity index is 1.84. The molecule has 1 aromatic heterocycles. The van der Waals surface area contributed by atoms with Crippen LogP contribution in [0.3, 0.4) is 0 Å². The minimum Gasteiger partial charge on any atom is -0.481 e. The molecule has 6 heteroatoms. The predicted molar refractivity (Wildman–Crippen MR) is 71.9 cm³/mol. The van der Waals surface area contributed by atoms with Crippen LogP contribution in [0.5, 0.6) is 0 Å². The van der Waals surface area contributed by atoms with Gasteiger partial charge in [-0.05, 0) is 25.0 Å². The number of aliphatic carboxylic acids is 1. The third-order valence-electron chi connectivity index (χ3n) is 3.14. The molecule has 1 atom stereocenters. The number of carbonyl (C=O) groups excluding carboxylic acids is 1. The summed E-state index contributed by atoms with van der Waals surface area (Å²) in [6.45, 7) is 1.00. The highest BCUT2D eigenvalue weighted by Crippen LogP contribution is 2.20. The fourth-order valence-electron chi connectivity index (χ4n) is 2.08. The van der Waals surface area contributed by atoms with Crippen molar-refractivity contribution < 1.29 is 14.7 Å². The average Bonchev–Trinajstić information content (AvgIpc) is 2.46. The first kappa shape index (κ1) is 13.9. The number of nitrogens with zero attached hydrogens (tertiary/aromatic N) is 2. The lowest BCUT2D eigenvalue weighted by Crippen LogP contribution is -2.43. The van der Waals surface area contributed by atoms with Gasteiger partial charge in [-0.15, -0.1) is 11.8 Å². The zero-order valence-corrected chi connectivity index (χ0v) is 11.3. The largest absolute Gasteiger partial charge is 0.481 e. The topological polar surface area (TPSA) is 70.5 Å². The number of pyridine rings is 1. The summed E-state index contributed by atoms with van der Waals surface area (Å²) in [5.41, 5.74) is 0. The first-order valence-electron chi connectivity index (χ1n) is 6.20. The van der Waals surface area contributed by atoms with Crippen molar-refractivity contribution in [2.45, 2.75) is 17.7 Å². The molecule has 19 heavy (non-hydrogen) atoms. The van der Waals surface area contributed by atoms with Crippen LogP contribution in [-0.2, 0) is 9.59 Å². The van der Waals surface area contributed by atoms with Crippen LogP contribution in [0.15, 0.2) is 29.4 Å². The van der Waals surface area contributed by atoms with Gasteiger partial charge >= 0.3 is 5.97 Å². The van der Waals surface area contributed by atoms with E-state index in [1.807, 2.05) is 12.1 Å². The molecule has 0 aliphatic carbocycles. The Morgan fingerprint density at radius 3 is 2.84 bits per heavy atom. The number of amides is 1. The maximum atomic E-state index is 12.0. The van der Waals surface area contributed by atoms with E-state index in [2.05, 4.69) is 4.98 Å². The highest BCUT2D eigenvalue weighted by molar-refractivity contribution is 8.00. The number of piperidine rings is 1. The van der Waals surface area contributed by atoms with Crippen molar-refractivity contribution in [3.8, 4) is 0 Å². The number of rotatable bonds is 4. The van der Waals surface area contributed by atoms with E-state index in [1.54, 1.807) is 17.3 Å². The van der Waals surface area contributed by atoms with Crippen molar-refractivity contribution in [2.75, 3.05) is 18.8 Å². The Bertz CT molecular complexity index is 452. The van der Waals surface area contributed by atoms with Gasteiger partial charge < -0.3 is 10.0 Å². The summed E-state index contributed by atoms with van der Waals surface area (Å²) in [6, 6.07) is 3.71. The summed E-state index contributed by atoms with van der Waals surface area (Å²) in [5.74, 6) is -0.869. The summed E-state index contributed by atoms with van der Waals surface area (Å²) < 4.78 is 0. The predicted octanol–water partition coefficient (Wildman–Crippen LogP) is 1.50. The number of carboxylic acid groups (broad SMARTS) is 1. The SMILES string of the molecule is O=C(O)[C@H]1CCCN(C(=O)CSc2ccncc2)C1. The van der Waals surface area contributed by atoms with Crippen LogP contribution in [0.1, 0.15) is 12.8 Å². The van der Waals surface area contributed by atoms with Gasteiger partial charge in [0.25, 0.3) is 0 Å². The van der Waals surface area contributed by atoms with Gasteiger partial charge in [0, 0.05) is 30.4 Å². The maximum Gasteiger partial charge on any atom is 0.308 e. The molecule has 1 aliphatic heterocycles. The lowest BCUT2D eigenvalue weighted by Gasteiger charge is -2.30. The summed E-state index contributed by atoms with van der Waals surface area (Å²) in [5, 5.41) is 9.00. The molecule has 1 N–H and O–H groups in total. The number of hydrogen-bond donors (Lipinski definition) is 1. The van der Waals surface area contributed by atoms with Crippen molar-refractivity contribution in [3.05, 3.63) is 24.5 Å². The lowest BCUT2D eigenvalue weighted by molar-refractivity contribution is -0.145. The molecule has 1 fully saturated rings. The zero-order valence-electron chi connectivity index (χ0n) is 10.5. The highest BCUT2D eigenvalue weighted by atomic mass is 32.2. The van der Waals surface area contributed by atoms with Gasteiger partial charge in [0.05, 0.1) is 11.7 Å². The number of carbonyl (C=O) groups is 2. The second-order valence-electron chi connectivity index (χ2n) is 4.49. The normalized spacial score (nSPS) is 19.2. The molecule has 0 bridgehead atoms. The maximum absolute atomic E-state index is 12.0. The second-order valence-corrected chi connectivity index (χ2v) is 5.54. The molecule has 102 valence electrons. The monoisotopic (exact) mass is 280 g/mol. The van der Waals surface area contributed by atoms with E-state index in [-0.39, 0.29) is 5.91 Å². The lowest BCUT2D eigenvalue weighted by atomic mass is 9.98. The molecule has 0 unspecified atom stereocenters. The molecule has 1 aliphatic rings. The second kappa shape index (κ2) is 6.56. The van der Waals surface area contributed by atoms with Gasteiger partial charge in [0.2, 0.25) is 5.91 Å². The summed E-state index contributed by atoms with van der Waals surface area (Å²) in [4.78, 5) is 29.6. The van der Waals surface area contributed by atoms with E-state index in [0.717, 1.165) is 11.3 Å². The number of likely N-dealkylation sites (tertiary alicyclic amines) is 1. The van der Waals surface area contributed by atoms with E-state index in [0.29, 0.717) is 25.3 Å². The summed E-state index contributed by atoms with van der Waals surface area (Å²) >= 11 is 1.45. The smallest absolute Gasteiger partial charge is 0.308 e. The van der Waals surface area contributed by atoms with Crippen LogP contribution in [-0.4, -0.2) is 45.7 Å². The molecular weight excluding hydrogens is 264 g/mol. The van der Waals surface area contributed by atoms with Gasteiger partial charge in [0.1, 0.15) is 0 Å². The molecule has 0 radical (unpaired) electrons. The van der Waals surface area contributed by atoms with Gasteiger partial charge in [-0.25, -0.2) is 0 Å². The Morgan fingerprint density at radius 1 is 1.42 bits per heavy atom. The minimum atomic E-state index is -0.806. The molecular formula is C13H16N2O3S. The van der Waals surface area contributed by atoms with Crippen molar-refractivity contribution in [2.24, 2.45) is 5.92 Å². The first-order valence-corrected chi connectivity index (χ1v) is 7.19. The third kappa shape index (κ3) is 3.96. The van der Waals surface area contributed by atoms with E-state index < -0.39 is 11.9 Å². The fourth-order valence-corrected chi connectivity index (χ4v) is 2.86. The van der Waals surface area contributed by atoms with Gasteiger partial charge in [0.15, 0.2) is 0 Å². The number of aromatic nitrogens is 1. The highest BCUT2D eigenvalue weighted by Gasteiger charge is 2.27. The zero-order chi connectivity index (χ0) is 13.7. The molecule has 1 aromatic rings. The molecule has 0 saturated carbocycles. The van der Waals surface area contributed by atoms with E-state index in [9.17, 15) is 9.59 Å². The number of carboxylic acids is 1. The average molecular weight is 280 g/mol. The fraction of sp³-hybridized carbons (Fsp3) is 0.462. The van der Waals surface area contributed by atoms with E-state index in [4.69, 9.17) is 5.11 Å². The van der Waals surface area contributed by atoms with Crippen molar-refractivity contribution >= 4 is 23.6 Å². The van der Waals surface area contributed by atoms with E-state index >= 15 is 0 Å². The van der Waals surface area contributed by atoms with Crippen molar-refractivity contribution in [1.29, 1.82) is 0 Å². The Morgan fingerprint density at radius 2 is 2.16 bits per heavy atom. The quantitative estimate of drug-likeness (QED) is 0.846. The molecule has 2 heterocycles. The van der Waals surface area contributed by atoms with Crippen LogP contribution in [0.4, 0.5) is 0 Å². The van der Waals surface area contributed by atoms with Crippen LogP contribution >= 0.6 is 11.8 Å². The molecule has 1 saturated heterocycles. The number of hydrogen-bond acceptors (Lipinski definition) is 4. The molecule has 2 rings (SSSR count). The molecule has 5 nitrogen and oxygen atoms in total. The van der Waals surface area contributed by atoms with Crippen LogP contribution < -0.4 is 0 Å². The van der Waals surface area contributed by atoms with Gasteiger partial charge in [-0.1, -0.05) is 0 Å². The Labute approximate surface area is 116 Å². The third-order valence-corrected chi connectivity index (χ3v) is 4.13. The number of thioether (sulfide) groups is 1. The standard InChI is InChI=1S/C13H16N2O3S/c16-12(9-19-11-3-5-14-6-4-11)15-7-1-2-10(8-15)13(17)18/h3-6,10H,1-2,7-9H2,(H,17,18)/t10-/m0/s1. The van der Waals surface area contributed by atoms with Gasteiger partial charge in [-0.3, -0.25) is 14.6 Å². The molecule has 0 spiro atoms. The Hall–Kier alpha value is -1.56. The minimum absolute atomic E-state index is 0.00719. The van der Waals surface area contributed by atoms with Crippen LogP contribution in [0, 0.1) is 5.92 Å². The summed E-state index contributed by atoms with van der Waals surface area (Å²) in [6.07, 6.45) is 4.81. The van der Waals surface area contributed by atoms with Gasteiger partial charge in [-0.2, -0.15) is 0 Å². The van der Waals surface area contributed by atoms with E-state index in [1.165, 1.54) is 11.8 Å². The molecule has 1 amide bonds. The van der Waals surface area contributed by atoms with Crippen molar-refractivity contribution in [3.63, 3.8) is 0 Å². The molecule has 0 aromatic carbocycles. The van der Waals surface area contributed by atoms with Crippen LogP contribution in [0.25, 0.3) is 0 Å². The van der Waals surface area contributed by atoms with Crippen LogP contribution in [0.2, 0.25) is 0 Å². The summed E-state index contributed by atoms with van der Waals surface area (Å²) in [7, 11) is 0.